The number of carboxylic acid groups (broad SMARTS) is 1. The van der Waals surface area contributed by atoms with Crippen molar-refractivity contribution in [3.8, 4) is 17.2 Å². The molecule has 0 unspecified atom stereocenters. The van der Waals surface area contributed by atoms with E-state index in [1.165, 1.54) is 0 Å². The third-order valence-electron chi connectivity index (χ3n) is 10.1. The Bertz CT molecular complexity index is 1740. The van der Waals surface area contributed by atoms with Gasteiger partial charge in [0, 0.05) is 86.7 Å². The molecule has 0 saturated carbocycles. The summed E-state index contributed by atoms with van der Waals surface area (Å²) in [5.41, 5.74) is 4.20. The summed E-state index contributed by atoms with van der Waals surface area (Å²) in [5, 5.41) is 14.6. The summed E-state index contributed by atoms with van der Waals surface area (Å²) < 4.78 is 20.2. The van der Waals surface area contributed by atoms with Gasteiger partial charge in [0.05, 0.1) is 25.5 Å². The highest BCUT2D eigenvalue weighted by Crippen LogP contribution is 2.52. The number of amides is 3. The lowest BCUT2D eigenvalue weighted by molar-refractivity contribution is -0.131. The van der Waals surface area contributed by atoms with Gasteiger partial charge >= 0.3 is 0 Å². The average Bonchev–Trinajstić information content (AvgIpc) is 3.83. The van der Waals surface area contributed by atoms with Crippen LogP contribution in [0.3, 0.4) is 0 Å². The maximum atomic E-state index is 13.6. The molecule has 8 rings (SSSR count). The van der Waals surface area contributed by atoms with E-state index >= 15 is 0 Å². The molecule has 1 fully saturated rings. The fourth-order valence-corrected chi connectivity index (χ4v) is 7.56. The Morgan fingerprint density at radius 1 is 1.02 bits per heavy atom. The summed E-state index contributed by atoms with van der Waals surface area (Å²) in [7, 11) is 0. The minimum absolute atomic E-state index is 0.00789. The molecule has 5 aliphatic heterocycles. The van der Waals surface area contributed by atoms with Crippen molar-refractivity contribution in [2.45, 2.75) is 58.4 Å². The second-order valence-corrected chi connectivity index (χ2v) is 13.5. The van der Waals surface area contributed by atoms with Crippen LogP contribution in [0.15, 0.2) is 42.5 Å². The lowest BCUT2D eigenvalue weighted by Crippen LogP contribution is -2.48. The van der Waals surface area contributed by atoms with E-state index in [9.17, 15) is 14.4 Å². The number of likely N-dealkylation sites (tertiary alicyclic amines) is 1. The van der Waals surface area contributed by atoms with Gasteiger partial charge in [0.15, 0.2) is 11.5 Å². The van der Waals surface area contributed by atoms with Crippen molar-refractivity contribution < 1.29 is 38.5 Å². The Hall–Kier alpha value is -5.07. The molecule has 5 aliphatic rings. The smallest absolute Gasteiger partial charge is 0.290 e. The summed E-state index contributed by atoms with van der Waals surface area (Å²) in [6, 6.07) is 13.6. The van der Waals surface area contributed by atoms with Gasteiger partial charge in [0.25, 0.3) is 12.4 Å². The predicted octanol–water partition coefficient (Wildman–Crippen LogP) is 3.35. The largest absolute Gasteiger partial charge is 0.493 e. The lowest BCUT2D eigenvalue weighted by Gasteiger charge is -2.40. The zero-order valence-electron chi connectivity index (χ0n) is 28.7. The topological polar surface area (TPSA) is 153 Å². The summed E-state index contributed by atoms with van der Waals surface area (Å²) in [5.74, 6) is 2.16. The van der Waals surface area contributed by atoms with Crippen LogP contribution in [-0.4, -0.2) is 101 Å². The molecular weight excluding hydrogens is 642 g/mol. The quantitative estimate of drug-likeness (QED) is 0.394. The normalized spacial score (nSPS) is 21.4. The zero-order valence-corrected chi connectivity index (χ0v) is 28.7. The van der Waals surface area contributed by atoms with Crippen molar-refractivity contribution in [2.24, 2.45) is 5.41 Å². The van der Waals surface area contributed by atoms with Crippen molar-refractivity contribution in [2.75, 3.05) is 52.5 Å². The van der Waals surface area contributed by atoms with Crippen LogP contribution in [0.4, 0.5) is 0 Å². The second-order valence-electron chi connectivity index (χ2n) is 13.5. The Labute approximate surface area is 291 Å². The van der Waals surface area contributed by atoms with Crippen LogP contribution >= 0.6 is 0 Å². The first kappa shape index (κ1) is 34.8. The number of ether oxygens (including phenoxy) is 3. The Morgan fingerprint density at radius 2 is 1.82 bits per heavy atom. The SMILES string of the molecule is Cc1cc(C)n(CCC(=O)N2C[C@H]3c4cccc5c4OC[C@@]3(CNC(=O)CCCN(C(=O)c3ccc4c(c3)CCO4)CCCO5)C2)n1.O=CO. The van der Waals surface area contributed by atoms with Gasteiger partial charge in [-0.15, -0.1) is 0 Å². The van der Waals surface area contributed by atoms with Crippen LogP contribution < -0.4 is 19.5 Å². The van der Waals surface area contributed by atoms with E-state index in [-0.39, 0.29) is 30.1 Å². The molecule has 266 valence electrons. The predicted molar refractivity (Wildman–Crippen MR) is 183 cm³/mol. The van der Waals surface area contributed by atoms with Gasteiger partial charge in [0.2, 0.25) is 11.8 Å². The molecule has 2 aromatic carbocycles. The van der Waals surface area contributed by atoms with Crippen molar-refractivity contribution >= 4 is 24.2 Å². The van der Waals surface area contributed by atoms with E-state index in [4.69, 9.17) is 24.1 Å². The van der Waals surface area contributed by atoms with Gasteiger partial charge in [-0.3, -0.25) is 23.9 Å². The van der Waals surface area contributed by atoms with Crippen molar-refractivity contribution in [1.29, 1.82) is 0 Å². The number of para-hydroxylation sites is 1. The molecule has 2 atom stereocenters. The molecule has 50 heavy (non-hydrogen) atoms. The van der Waals surface area contributed by atoms with Crippen LogP contribution in [-0.2, 0) is 27.3 Å². The Balaban J connectivity index is 0.00000139. The molecule has 0 aliphatic carbocycles. The maximum Gasteiger partial charge on any atom is 0.290 e. The van der Waals surface area contributed by atoms with Crippen LogP contribution in [0.25, 0.3) is 0 Å². The lowest BCUT2D eigenvalue weighted by atomic mass is 9.73. The Kier molecular flexibility index (Phi) is 10.6. The van der Waals surface area contributed by atoms with Crippen molar-refractivity contribution in [1.82, 2.24) is 24.9 Å². The number of rotatable bonds is 4. The number of fused-ring (bicyclic) bond motifs is 12. The minimum atomic E-state index is -0.467. The molecule has 13 heteroatoms. The highest BCUT2D eigenvalue weighted by Gasteiger charge is 2.53. The average molecular weight is 688 g/mol. The van der Waals surface area contributed by atoms with E-state index in [1.54, 1.807) is 0 Å². The molecule has 4 bridgehead atoms. The van der Waals surface area contributed by atoms with Crippen LogP contribution in [0, 0.1) is 19.3 Å². The fraction of sp³-hybridized carbons (Fsp3) is 0.486. The molecule has 6 heterocycles. The number of aromatic nitrogens is 2. The number of hydrogen-bond donors (Lipinski definition) is 2. The van der Waals surface area contributed by atoms with Gasteiger partial charge in [-0.1, -0.05) is 12.1 Å². The first-order valence-electron chi connectivity index (χ1n) is 17.3. The summed E-state index contributed by atoms with van der Waals surface area (Å²) in [6.07, 6.45) is 2.61. The van der Waals surface area contributed by atoms with Crippen molar-refractivity contribution in [3.63, 3.8) is 0 Å². The summed E-state index contributed by atoms with van der Waals surface area (Å²) in [6.45, 7) is 8.06. The number of carbonyl (C=O) groups is 4. The van der Waals surface area contributed by atoms with E-state index < -0.39 is 5.41 Å². The third kappa shape index (κ3) is 7.41. The van der Waals surface area contributed by atoms with Gasteiger partial charge in [0.1, 0.15) is 5.75 Å². The number of benzene rings is 2. The van der Waals surface area contributed by atoms with Gasteiger partial charge in [-0.2, -0.15) is 5.10 Å². The molecule has 1 saturated heterocycles. The number of nitrogens with one attached hydrogen (secondary N) is 1. The molecule has 2 N–H and O–H groups in total. The highest BCUT2D eigenvalue weighted by atomic mass is 16.5. The first-order chi connectivity index (χ1) is 24.2. The van der Waals surface area contributed by atoms with Gasteiger partial charge in [-0.05, 0) is 62.6 Å². The van der Waals surface area contributed by atoms with Crippen LogP contribution in [0.1, 0.15) is 64.5 Å². The standard InChI is InChI=1S/C36H43N5O6.CH2O2/c1-24-18-25(2)41(38-24)15-11-33(43)40-20-29-28-6-3-7-31-34(28)47-23-36(29,22-40)21-37-32(42)8-4-13-39(14-5-16-45-31)35(44)27-9-10-30-26(19-27)12-17-46-30;2-1-3/h3,6-7,9-10,18-19,29H,4-5,8,11-17,20-23H2,1-2H3,(H,37,42);1H,(H,2,3)/t29-,36+;/m0./s1. The molecule has 13 nitrogen and oxygen atoms in total. The zero-order chi connectivity index (χ0) is 35.3. The summed E-state index contributed by atoms with van der Waals surface area (Å²) >= 11 is 0. The molecule has 1 aromatic heterocycles. The molecular formula is C37H45N5O8. The highest BCUT2D eigenvalue weighted by molar-refractivity contribution is 5.94. The Morgan fingerprint density at radius 3 is 2.62 bits per heavy atom. The molecule has 3 amide bonds. The third-order valence-corrected chi connectivity index (χ3v) is 10.1. The molecule has 3 aromatic rings. The molecule has 0 radical (unpaired) electrons. The number of nitrogens with zero attached hydrogens (tertiary/aromatic N) is 4. The first-order valence-corrected chi connectivity index (χ1v) is 17.3. The minimum Gasteiger partial charge on any atom is -0.493 e. The fourth-order valence-electron chi connectivity index (χ4n) is 7.56. The number of carbonyl (C=O) groups excluding carboxylic acids is 3. The second kappa shape index (κ2) is 15.2. The van der Waals surface area contributed by atoms with Crippen LogP contribution in [0.2, 0.25) is 0 Å². The molecule has 1 spiro atoms. The van der Waals surface area contributed by atoms with E-state index in [1.807, 2.05) is 64.7 Å². The van der Waals surface area contributed by atoms with Crippen LogP contribution in [0.5, 0.6) is 17.2 Å². The monoisotopic (exact) mass is 687 g/mol. The maximum absolute atomic E-state index is 13.6. The van der Waals surface area contributed by atoms with E-state index in [2.05, 4.69) is 16.5 Å². The van der Waals surface area contributed by atoms with Gasteiger partial charge in [-0.25, -0.2) is 0 Å². The van der Waals surface area contributed by atoms with Gasteiger partial charge < -0.3 is 34.4 Å². The van der Waals surface area contributed by atoms with Crippen molar-refractivity contribution in [3.05, 3.63) is 70.5 Å². The van der Waals surface area contributed by atoms with E-state index in [0.717, 1.165) is 34.7 Å². The number of hydrogen-bond acceptors (Lipinski definition) is 8. The van der Waals surface area contributed by atoms with E-state index in [0.29, 0.717) is 102 Å². The summed E-state index contributed by atoms with van der Waals surface area (Å²) in [4.78, 5) is 52.5. The number of aryl methyl sites for hydroxylation is 3.